The molecule has 0 spiro atoms. The molecular formula is C8H20Cl2N3Ti. The number of hydrogen-bond donors (Lipinski definition) is 3. The van der Waals surface area contributed by atoms with Gasteiger partial charge in [-0.05, 0) is 21.1 Å². The minimum atomic E-state index is -1.69. The van der Waals surface area contributed by atoms with E-state index in [2.05, 4.69) is 29.4 Å². The van der Waals surface area contributed by atoms with Crippen molar-refractivity contribution in [1.82, 2.24) is 0 Å². The van der Waals surface area contributed by atoms with Gasteiger partial charge in [-0.1, -0.05) is 0 Å². The quantitative estimate of drug-likeness (QED) is 0.636. The van der Waals surface area contributed by atoms with Crippen LogP contribution in [0.2, 0.25) is 4.22 Å². The molecule has 0 heterocycles. The first-order chi connectivity index (χ1) is 6.80. The van der Waals surface area contributed by atoms with E-state index in [0.29, 0.717) is 4.22 Å². The number of nitrogens with two attached hydrogens (primary N) is 3. The van der Waals surface area contributed by atoms with Crippen LogP contribution in [0, 0.1) is 0 Å². The van der Waals surface area contributed by atoms with Gasteiger partial charge in [0.1, 0.15) is 0 Å². The average molecular weight is 277 g/mol. The molecule has 0 unspecified atom stereocenters. The van der Waals surface area contributed by atoms with E-state index in [-0.39, 0.29) is 0 Å². The fourth-order valence-corrected chi connectivity index (χ4v) is 2.58. The van der Waals surface area contributed by atoms with Crippen LogP contribution < -0.4 is 17.2 Å². The maximum atomic E-state index is 5.71. The fraction of sp³-hybridized carbons (Fsp3) is 0.500. The van der Waals surface area contributed by atoms with Crippen LogP contribution in [0.1, 0.15) is 0 Å². The SMILES string of the molecule is CN.CN.CN.[Cl][Ti]([Cl])[CH]1C=CC=C1. The molecule has 6 heteroatoms. The van der Waals surface area contributed by atoms with Crippen molar-refractivity contribution in [2.75, 3.05) is 21.1 Å². The van der Waals surface area contributed by atoms with Crippen LogP contribution in [0.4, 0.5) is 0 Å². The van der Waals surface area contributed by atoms with Crippen molar-refractivity contribution in [3.05, 3.63) is 24.3 Å². The number of hydrogen-bond acceptors (Lipinski definition) is 3. The second-order valence-corrected chi connectivity index (χ2v) is 7.69. The Balaban J connectivity index is -0.000000174. The van der Waals surface area contributed by atoms with E-state index in [1.54, 1.807) is 0 Å². The van der Waals surface area contributed by atoms with Crippen molar-refractivity contribution < 1.29 is 15.7 Å². The third-order valence-corrected chi connectivity index (χ3v) is 4.47. The molecule has 0 aromatic rings. The molecule has 0 radical (unpaired) electrons. The molecule has 0 atom stereocenters. The summed E-state index contributed by atoms with van der Waals surface area (Å²) >= 11 is -1.69. The summed E-state index contributed by atoms with van der Waals surface area (Å²) in [6, 6.07) is 0. The second kappa shape index (κ2) is 19.3. The van der Waals surface area contributed by atoms with Crippen LogP contribution in [-0.4, -0.2) is 21.1 Å². The van der Waals surface area contributed by atoms with Gasteiger partial charge in [0, 0.05) is 0 Å². The summed E-state index contributed by atoms with van der Waals surface area (Å²) in [6.45, 7) is 0. The summed E-state index contributed by atoms with van der Waals surface area (Å²) in [4.78, 5) is 0. The van der Waals surface area contributed by atoms with Crippen molar-refractivity contribution in [2.24, 2.45) is 17.2 Å². The summed E-state index contributed by atoms with van der Waals surface area (Å²) in [5, 5.41) is 0. The third kappa shape index (κ3) is 12.7. The zero-order chi connectivity index (χ0) is 12.0. The van der Waals surface area contributed by atoms with Gasteiger partial charge >= 0.3 is 62.9 Å². The molecule has 1 aliphatic carbocycles. The summed E-state index contributed by atoms with van der Waals surface area (Å²) < 4.78 is 0.401. The van der Waals surface area contributed by atoms with E-state index >= 15 is 0 Å². The molecule has 0 saturated carbocycles. The van der Waals surface area contributed by atoms with E-state index in [9.17, 15) is 0 Å². The van der Waals surface area contributed by atoms with E-state index < -0.39 is 15.7 Å². The first kappa shape index (κ1) is 20.1. The topological polar surface area (TPSA) is 78.1 Å². The van der Waals surface area contributed by atoms with Gasteiger partial charge in [0.05, 0.1) is 0 Å². The van der Waals surface area contributed by atoms with Crippen molar-refractivity contribution in [3.8, 4) is 0 Å². The predicted octanol–water partition coefficient (Wildman–Crippen LogP) is 1.55. The Kier molecular flexibility index (Phi) is 27.7. The van der Waals surface area contributed by atoms with Gasteiger partial charge in [0.15, 0.2) is 0 Å². The van der Waals surface area contributed by atoms with Gasteiger partial charge < -0.3 is 17.2 Å². The normalized spacial score (nSPS) is 11.4. The van der Waals surface area contributed by atoms with Crippen molar-refractivity contribution in [3.63, 3.8) is 0 Å². The summed E-state index contributed by atoms with van der Waals surface area (Å²) in [7, 11) is 15.9. The first-order valence-corrected chi connectivity index (χ1v) is 9.26. The van der Waals surface area contributed by atoms with Gasteiger partial charge in [0.25, 0.3) is 0 Å². The van der Waals surface area contributed by atoms with Crippen molar-refractivity contribution in [1.29, 1.82) is 0 Å². The summed E-state index contributed by atoms with van der Waals surface area (Å²) in [5.74, 6) is 0. The van der Waals surface area contributed by atoms with Gasteiger partial charge in [0.2, 0.25) is 0 Å². The van der Waals surface area contributed by atoms with Crippen LogP contribution in [0.3, 0.4) is 0 Å². The Morgan fingerprint density at radius 1 is 0.857 bits per heavy atom. The van der Waals surface area contributed by atoms with Gasteiger partial charge in [-0.25, -0.2) is 0 Å². The molecule has 0 bridgehead atoms. The Morgan fingerprint density at radius 3 is 1.29 bits per heavy atom. The minimum absolute atomic E-state index is 0.401. The predicted molar refractivity (Wildman–Crippen MR) is 64.1 cm³/mol. The van der Waals surface area contributed by atoms with E-state index in [0.717, 1.165) is 0 Å². The maximum absolute atomic E-state index is 5.71. The third-order valence-electron chi connectivity index (χ3n) is 1.000. The number of halogens is 2. The monoisotopic (exact) mass is 276 g/mol. The molecule has 0 aromatic heterocycles. The molecule has 1 aliphatic rings. The van der Waals surface area contributed by atoms with Crippen LogP contribution in [0.15, 0.2) is 24.3 Å². The summed E-state index contributed by atoms with van der Waals surface area (Å²) in [6.07, 6.45) is 8.08. The standard InChI is InChI=1S/C5H5.3CH5N.2ClH.Ti/c1-2-4-5-3-1;3*1-2;;;/h1-5H;3*2H2,1H3;2*1H;/q;;;;;;+2/p-2. The van der Waals surface area contributed by atoms with Crippen LogP contribution in [0.25, 0.3) is 0 Å². The molecule has 6 N–H and O–H groups in total. The molecule has 3 nitrogen and oxygen atoms in total. The first-order valence-electron chi connectivity index (χ1n) is 4.07. The van der Waals surface area contributed by atoms with Gasteiger partial charge in [-0.2, -0.15) is 0 Å². The number of rotatable bonds is 1. The summed E-state index contributed by atoms with van der Waals surface area (Å²) in [5.41, 5.74) is 13.5. The van der Waals surface area contributed by atoms with E-state index in [1.165, 1.54) is 21.1 Å². The molecule has 0 aromatic carbocycles. The Bertz CT molecular complexity index is 129. The van der Waals surface area contributed by atoms with Crippen molar-refractivity contribution >= 4 is 18.6 Å². The van der Waals surface area contributed by atoms with Crippen molar-refractivity contribution in [2.45, 2.75) is 4.22 Å². The average Bonchev–Trinajstić information content (AvgIpc) is 2.80. The Morgan fingerprint density at radius 2 is 1.14 bits per heavy atom. The molecule has 1 rings (SSSR count). The molecular weight excluding hydrogens is 257 g/mol. The molecule has 0 fully saturated rings. The molecule has 85 valence electrons. The Hall–Kier alpha value is 0.654. The molecule has 14 heavy (non-hydrogen) atoms. The van der Waals surface area contributed by atoms with Crippen LogP contribution in [0.5, 0.6) is 0 Å². The zero-order valence-corrected chi connectivity index (χ0v) is 11.9. The van der Waals surface area contributed by atoms with Crippen LogP contribution >= 0.6 is 18.6 Å². The van der Waals surface area contributed by atoms with Gasteiger partial charge in [-0.15, -0.1) is 0 Å². The van der Waals surface area contributed by atoms with Crippen LogP contribution in [-0.2, 0) is 15.7 Å². The Labute approximate surface area is 101 Å². The molecule has 0 aliphatic heterocycles. The van der Waals surface area contributed by atoms with E-state index in [1.807, 2.05) is 12.2 Å². The number of allylic oxidation sites excluding steroid dienone is 4. The molecule has 0 amide bonds. The van der Waals surface area contributed by atoms with Gasteiger partial charge in [-0.3, -0.25) is 0 Å². The fourth-order valence-electron chi connectivity index (χ4n) is 0.577. The van der Waals surface area contributed by atoms with E-state index in [4.69, 9.17) is 18.6 Å². The second-order valence-electron chi connectivity index (χ2n) is 1.59. The zero-order valence-electron chi connectivity index (χ0n) is 8.87. The molecule has 0 saturated heterocycles.